The molecule has 0 spiro atoms. The first-order valence-electron chi connectivity index (χ1n) is 5.02. The summed E-state index contributed by atoms with van der Waals surface area (Å²) in [5.74, 6) is -0.610. The van der Waals surface area contributed by atoms with Crippen LogP contribution >= 0.6 is 0 Å². The summed E-state index contributed by atoms with van der Waals surface area (Å²) in [7, 11) is 0. The van der Waals surface area contributed by atoms with Gasteiger partial charge in [0.05, 0.1) is 18.2 Å². The molecule has 1 heterocycles. The van der Waals surface area contributed by atoms with Crippen LogP contribution in [0.2, 0.25) is 0 Å². The smallest absolute Gasteiger partial charge is 0.307 e. The van der Waals surface area contributed by atoms with Crippen molar-refractivity contribution in [2.75, 3.05) is 0 Å². The quantitative estimate of drug-likeness (QED) is 0.787. The van der Waals surface area contributed by atoms with Crippen molar-refractivity contribution in [1.82, 2.24) is 9.78 Å². The van der Waals surface area contributed by atoms with E-state index in [1.807, 2.05) is 17.1 Å². The van der Waals surface area contributed by atoms with E-state index < -0.39 is 5.97 Å². The minimum absolute atomic E-state index is 0.160. The van der Waals surface area contributed by atoms with E-state index in [1.54, 1.807) is 0 Å². The number of carboxylic acids is 1. The molecule has 2 aliphatic rings. The summed E-state index contributed by atoms with van der Waals surface area (Å²) < 4.78 is 1.98. The van der Waals surface area contributed by atoms with Gasteiger partial charge in [-0.15, -0.1) is 0 Å². The van der Waals surface area contributed by atoms with Crippen LogP contribution in [-0.4, -0.2) is 20.9 Å². The van der Waals surface area contributed by atoms with E-state index in [0.29, 0.717) is 6.04 Å². The van der Waals surface area contributed by atoms with Gasteiger partial charge >= 0.3 is 5.97 Å². The Hall–Kier alpha value is -1.32. The van der Waals surface area contributed by atoms with Crippen molar-refractivity contribution < 1.29 is 9.90 Å². The highest BCUT2D eigenvalue weighted by atomic mass is 16.4. The van der Waals surface area contributed by atoms with Gasteiger partial charge in [-0.3, -0.25) is 9.48 Å². The first-order chi connectivity index (χ1) is 6.75. The molecule has 2 fully saturated rings. The van der Waals surface area contributed by atoms with Crippen molar-refractivity contribution in [2.45, 2.75) is 31.2 Å². The van der Waals surface area contributed by atoms with Crippen molar-refractivity contribution in [1.29, 1.82) is 0 Å². The number of hydrogen-bond donors (Lipinski definition) is 1. The Morgan fingerprint density at radius 2 is 2.36 bits per heavy atom. The van der Waals surface area contributed by atoms with Crippen LogP contribution in [0.4, 0.5) is 0 Å². The van der Waals surface area contributed by atoms with Gasteiger partial charge in [0, 0.05) is 12.1 Å². The summed E-state index contributed by atoms with van der Waals surface area (Å²) in [6.45, 7) is 0. The fraction of sp³-hybridized carbons (Fsp3) is 0.600. The molecule has 74 valence electrons. The number of carbonyl (C=O) groups is 1. The largest absolute Gasteiger partial charge is 0.481 e. The fourth-order valence-electron chi connectivity index (χ4n) is 1.92. The average Bonchev–Trinajstić information content (AvgIpc) is 3.05. The number of nitrogens with zero attached hydrogens (tertiary/aromatic N) is 2. The minimum atomic E-state index is -0.672. The van der Waals surface area contributed by atoms with Crippen molar-refractivity contribution >= 4 is 5.97 Å². The summed E-state index contributed by atoms with van der Waals surface area (Å²) in [6.07, 6.45) is 7.06. The number of carboxylic acid groups (broad SMARTS) is 1. The van der Waals surface area contributed by atoms with Crippen molar-refractivity contribution in [3.63, 3.8) is 0 Å². The molecule has 1 N–H and O–H groups in total. The van der Waals surface area contributed by atoms with Gasteiger partial charge in [-0.1, -0.05) is 0 Å². The summed E-state index contributed by atoms with van der Waals surface area (Å²) in [5, 5.41) is 13.0. The number of aliphatic carboxylic acids is 1. The highest BCUT2D eigenvalue weighted by molar-refractivity contribution is 5.75. The predicted octanol–water partition coefficient (Wildman–Crippen LogP) is 1.41. The third kappa shape index (κ3) is 1.22. The number of hydrogen-bond acceptors (Lipinski definition) is 2. The Balaban J connectivity index is 1.75. The van der Waals surface area contributed by atoms with E-state index in [0.717, 1.165) is 12.0 Å². The molecule has 1 aromatic heterocycles. The Labute approximate surface area is 81.5 Å². The molecule has 2 aliphatic carbocycles. The van der Waals surface area contributed by atoms with Crippen LogP contribution in [0.15, 0.2) is 12.4 Å². The Morgan fingerprint density at radius 1 is 1.57 bits per heavy atom. The maximum absolute atomic E-state index is 10.7. The second-order valence-corrected chi connectivity index (χ2v) is 4.27. The van der Waals surface area contributed by atoms with Gasteiger partial charge in [0.2, 0.25) is 0 Å². The standard InChI is InChI=1S/C10H12N2O2/c13-10(14)9-3-8(9)6-4-11-12(5-6)7-1-2-7/h4-5,7-9H,1-3H2,(H,13,14)/t8-,9+/m1/s1. The lowest BCUT2D eigenvalue weighted by molar-refractivity contribution is -0.138. The molecule has 0 radical (unpaired) electrons. The molecule has 0 unspecified atom stereocenters. The van der Waals surface area contributed by atoms with E-state index in [-0.39, 0.29) is 11.8 Å². The first-order valence-corrected chi connectivity index (χ1v) is 5.02. The van der Waals surface area contributed by atoms with Crippen LogP contribution in [0.3, 0.4) is 0 Å². The molecule has 2 saturated carbocycles. The number of rotatable bonds is 3. The third-order valence-corrected chi connectivity index (χ3v) is 3.08. The minimum Gasteiger partial charge on any atom is -0.481 e. The van der Waals surface area contributed by atoms with Crippen LogP contribution < -0.4 is 0 Å². The molecule has 0 bridgehead atoms. The van der Waals surface area contributed by atoms with E-state index >= 15 is 0 Å². The Bertz CT molecular complexity index is 381. The first kappa shape index (κ1) is 8.03. The van der Waals surface area contributed by atoms with Gasteiger partial charge in [-0.25, -0.2) is 0 Å². The van der Waals surface area contributed by atoms with Gasteiger partial charge in [-0.05, 0) is 24.8 Å². The summed E-state index contributed by atoms with van der Waals surface area (Å²) in [5.41, 5.74) is 1.10. The molecule has 4 heteroatoms. The SMILES string of the molecule is O=C(O)[C@H]1C[C@@H]1c1cnn(C2CC2)c1. The van der Waals surface area contributed by atoms with Crippen molar-refractivity contribution in [2.24, 2.45) is 5.92 Å². The van der Waals surface area contributed by atoms with Gasteiger partial charge < -0.3 is 5.11 Å². The zero-order valence-corrected chi connectivity index (χ0v) is 7.76. The Kier molecular flexibility index (Phi) is 1.48. The predicted molar refractivity (Wildman–Crippen MR) is 49.0 cm³/mol. The third-order valence-electron chi connectivity index (χ3n) is 3.08. The van der Waals surface area contributed by atoms with Gasteiger partial charge in [0.15, 0.2) is 0 Å². The topological polar surface area (TPSA) is 55.1 Å². The maximum Gasteiger partial charge on any atom is 0.307 e. The molecule has 0 aromatic carbocycles. The zero-order chi connectivity index (χ0) is 9.71. The van der Waals surface area contributed by atoms with Gasteiger partial charge in [0.25, 0.3) is 0 Å². The molecule has 0 amide bonds. The summed E-state index contributed by atoms with van der Waals surface area (Å²) >= 11 is 0. The molecule has 1 aromatic rings. The van der Waals surface area contributed by atoms with Crippen molar-refractivity contribution in [3.8, 4) is 0 Å². The van der Waals surface area contributed by atoms with E-state index in [4.69, 9.17) is 5.11 Å². The molecule has 4 nitrogen and oxygen atoms in total. The van der Waals surface area contributed by atoms with Crippen LogP contribution in [-0.2, 0) is 4.79 Å². The molecule has 0 aliphatic heterocycles. The monoisotopic (exact) mass is 192 g/mol. The summed E-state index contributed by atoms with van der Waals surface area (Å²) in [4.78, 5) is 10.7. The second-order valence-electron chi connectivity index (χ2n) is 4.27. The fourth-order valence-corrected chi connectivity index (χ4v) is 1.92. The lowest BCUT2D eigenvalue weighted by atomic mass is 10.2. The zero-order valence-electron chi connectivity index (χ0n) is 7.76. The summed E-state index contributed by atoms with van der Waals surface area (Å²) in [6, 6.07) is 0.589. The molecular formula is C10H12N2O2. The van der Waals surface area contributed by atoms with Gasteiger partial charge in [0.1, 0.15) is 0 Å². The van der Waals surface area contributed by atoms with E-state index in [1.165, 1.54) is 12.8 Å². The lowest BCUT2D eigenvalue weighted by Crippen LogP contribution is -1.98. The molecular weight excluding hydrogens is 180 g/mol. The molecule has 14 heavy (non-hydrogen) atoms. The van der Waals surface area contributed by atoms with Crippen LogP contribution in [0.5, 0.6) is 0 Å². The Morgan fingerprint density at radius 3 is 2.93 bits per heavy atom. The van der Waals surface area contributed by atoms with Crippen LogP contribution in [0.25, 0.3) is 0 Å². The highest BCUT2D eigenvalue weighted by Gasteiger charge is 2.45. The molecule has 2 atom stereocenters. The van der Waals surface area contributed by atoms with E-state index in [9.17, 15) is 4.79 Å². The lowest BCUT2D eigenvalue weighted by Gasteiger charge is -1.93. The maximum atomic E-state index is 10.7. The van der Waals surface area contributed by atoms with Crippen LogP contribution in [0.1, 0.15) is 36.8 Å². The van der Waals surface area contributed by atoms with Gasteiger partial charge in [-0.2, -0.15) is 5.10 Å². The van der Waals surface area contributed by atoms with E-state index in [2.05, 4.69) is 5.10 Å². The van der Waals surface area contributed by atoms with Crippen molar-refractivity contribution in [3.05, 3.63) is 18.0 Å². The average molecular weight is 192 g/mol. The second kappa shape index (κ2) is 2.59. The highest BCUT2D eigenvalue weighted by Crippen LogP contribution is 2.48. The molecule has 0 saturated heterocycles. The normalized spacial score (nSPS) is 30.3. The molecule has 3 rings (SSSR count). The van der Waals surface area contributed by atoms with Crippen LogP contribution in [0, 0.1) is 5.92 Å². The number of aromatic nitrogens is 2.